The van der Waals surface area contributed by atoms with Crippen LogP contribution in [0.4, 0.5) is 5.82 Å². The van der Waals surface area contributed by atoms with Crippen LogP contribution in [0.3, 0.4) is 0 Å². The van der Waals surface area contributed by atoms with E-state index in [-0.39, 0.29) is 5.91 Å². The monoisotopic (exact) mass is 348 g/mol. The number of hydrogen-bond acceptors (Lipinski definition) is 6. The fourth-order valence-electron chi connectivity index (χ4n) is 3.39. The lowest BCUT2D eigenvalue weighted by Gasteiger charge is -2.35. The molecule has 4 heterocycles. The Labute approximate surface area is 148 Å². The SMILES string of the molecule is O=C(c1n[nH]c2ccccc12)N1CCN(c2ncnc3nc[nH]c23)CC1. The Kier molecular flexibility index (Phi) is 3.30. The Bertz CT molecular complexity index is 1090. The Hall–Kier alpha value is -3.49. The van der Waals surface area contributed by atoms with E-state index < -0.39 is 0 Å². The molecule has 5 rings (SSSR count). The van der Waals surface area contributed by atoms with Crippen LogP contribution in [0.5, 0.6) is 0 Å². The summed E-state index contributed by atoms with van der Waals surface area (Å²) in [5.74, 6) is 0.779. The van der Waals surface area contributed by atoms with E-state index in [2.05, 4.69) is 35.0 Å². The maximum atomic E-state index is 12.9. The zero-order chi connectivity index (χ0) is 17.5. The first-order valence-electron chi connectivity index (χ1n) is 8.42. The van der Waals surface area contributed by atoms with E-state index in [4.69, 9.17) is 0 Å². The lowest BCUT2D eigenvalue weighted by Crippen LogP contribution is -2.49. The molecule has 1 aromatic carbocycles. The average molecular weight is 348 g/mol. The fourth-order valence-corrected chi connectivity index (χ4v) is 3.39. The summed E-state index contributed by atoms with van der Waals surface area (Å²) in [6.45, 7) is 2.61. The van der Waals surface area contributed by atoms with Crippen LogP contribution in [0.25, 0.3) is 22.1 Å². The fraction of sp³-hybridized carbons (Fsp3) is 0.235. The molecule has 0 spiro atoms. The number of carbonyl (C=O) groups is 1. The molecule has 26 heavy (non-hydrogen) atoms. The number of para-hydroxylation sites is 1. The summed E-state index contributed by atoms with van der Waals surface area (Å²) in [7, 11) is 0. The molecule has 2 N–H and O–H groups in total. The van der Waals surface area contributed by atoms with Crippen molar-refractivity contribution >= 4 is 33.8 Å². The van der Waals surface area contributed by atoms with Crippen LogP contribution in [0, 0.1) is 0 Å². The van der Waals surface area contributed by atoms with E-state index in [0.717, 1.165) is 22.2 Å². The number of H-pyrrole nitrogens is 2. The topological polar surface area (TPSA) is 107 Å². The summed E-state index contributed by atoms with van der Waals surface area (Å²) >= 11 is 0. The van der Waals surface area contributed by atoms with Gasteiger partial charge in [0.05, 0.1) is 11.8 Å². The van der Waals surface area contributed by atoms with Crippen molar-refractivity contribution < 1.29 is 4.79 Å². The van der Waals surface area contributed by atoms with E-state index in [0.29, 0.717) is 37.5 Å². The molecule has 3 aromatic heterocycles. The van der Waals surface area contributed by atoms with Crippen molar-refractivity contribution in [3.63, 3.8) is 0 Å². The van der Waals surface area contributed by atoms with Crippen LogP contribution in [-0.2, 0) is 0 Å². The van der Waals surface area contributed by atoms with E-state index in [1.807, 2.05) is 29.2 Å². The third kappa shape index (κ3) is 2.28. The van der Waals surface area contributed by atoms with E-state index in [1.54, 1.807) is 6.33 Å². The first-order chi connectivity index (χ1) is 12.8. The molecule has 1 fully saturated rings. The average Bonchev–Trinajstić information content (AvgIpc) is 3.34. The third-order valence-electron chi connectivity index (χ3n) is 4.74. The Balaban J connectivity index is 1.35. The Morgan fingerprint density at radius 1 is 1.04 bits per heavy atom. The molecule has 0 bridgehead atoms. The lowest BCUT2D eigenvalue weighted by atomic mass is 10.2. The maximum Gasteiger partial charge on any atom is 0.275 e. The molecule has 9 heteroatoms. The van der Waals surface area contributed by atoms with Crippen molar-refractivity contribution in [1.82, 2.24) is 35.0 Å². The highest BCUT2D eigenvalue weighted by Gasteiger charge is 2.26. The molecule has 1 aliphatic heterocycles. The molecule has 0 saturated carbocycles. The summed E-state index contributed by atoms with van der Waals surface area (Å²) in [4.78, 5) is 32.6. The van der Waals surface area contributed by atoms with Gasteiger partial charge in [-0.2, -0.15) is 5.10 Å². The van der Waals surface area contributed by atoms with Gasteiger partial charge in [-0.3, -0.25) is 9.89 Å². The number of aromatic nitrogens is 6. The molecule has 1 aliphatic rings. The molecule has 9 nitrogen and oxygen atoms in total. The predicted octanol–water partition coefficient (Wildman–Crippen LogP) is 1.19. The normalized spacial score (nSPS) is 15.1. The summed E-state index contributed by atoms with van der Waals surface area (Å²) in [5.41, 5.74) is 2.83. The number of fused-ring (bicyclic) bond motifs is 2. The second-order valence-corrected chi connectivity index (χ2v) is 6.20. The molecular weight excluding hydrogens is 332 g/mol. The van der Waals surface area contributed by atoms with Gasteiger partial charge in [-0.15, -0.1) is 0 Å². The number of aromatic amines is 2. The van der Waals surface area contributed by atoms with Crippen molar-refractivity contribution in [2.45, 2.75) is 0 Å². The van der Waals surface area contributed by atoms with Crippen LogP contribution >= 0.6 is 0 Å². The number of nitrogens with one attached hydrogen (secondary N) is 2. The van der Waals surface area contributed by atoms with Crippen molar-refractivity contribution in [3.8, 4) is 0 Å². The second kappa shape index (κ2) is 5.80. The first-order valence-corrected chi connectivity index (χ1v) is 8.42. The number of rotatable bonds is 2. The largest absolute Gasteiger partial charge is 0.351 e. The van der Waals surface area contributed by atoms with Gasteiger partial charge < -0.3 is 14.8 Å². The smallest absolute Gasteiger partial charge is 0.275 e. The minimum atomic E-state index is -0.0449. The Morgan fingerprint density at radius 3 is 2.77 bits per heavy atom. The van der Waals surface area contributed by atoms with Crippen molar-refractivity contribution in [3.05, 3.63) is 42.6 Å². The predicted molar refractivity (Wildman–Crippen MR) is 95.9 cm³/mol. The van der Waals surface area contributed by atoms with Crippen LogP contribution in [-0.4, -0.2) is 67.1 Å². The highest BCUT2D eigenvalue weighted by Crippen LogP contribution is 2.22. The number of anilines is 1. The molecule has 0 unspecified atom stereocenters. The van der Waals surface area contributed by atoms with Gasteiger partial charge in [0.15, 0.2) is 17.2 Å². The quantitative estimate of drug-likeness (QED) is 0.564. The minimum absolute atomic E-state index is 0.0449. The molecule has 1 amide bonds. The second-order valence-electron chi connectivity index (χ2n) is 6.20. The number of carbonyl (C=O) groups excluding carboxylic acids is 1. The van der Waals surface area contributed by atoms with Crippen LogP contribution in [0.15, 0.2) is 36.9 Å². The number of amides is 1. The van der Waals surface area contributed by atoms with E-state index in [9.17, 15) is 4.79 Å². The van der Waals surface area contributed by atoms with Gasteiger partial charge in [0.1, 0.15) is 11.8 Å². The summed E-state index contributed by atoms with van der Waals surface area (Å²) < 4.78 is 0. The maximum absolute atomic E-state index is 12.9. The highest BCUT2D eigenvalue weighted by atomic mass is 16.2. The third-order valence-corrected chi connectivity index (χ3v) is 4.74. The van der Waals surface area contributed by atoms with Crippen molar-refractivity contribution in [2.75, 3.05) is 31.1 Å². The number of hydrogen-bond donors (Lipinski definition) is 2. The molecular formula is C17H16N8O. The molecule has 130 valence electrons. The van der Waals surface area contributed by atoms with Gasteiger partial charge in [0.2, 0.25) is 0 Å². The highest BCUT2D eigenvalue weighted by molar-refractivity contribution is 6.04. The van der Waals surface area contributed by atoms with E-state index in [1.165, 1.54) is 6.33 Å². The van der Waals surface area contributed by atoms with Gasteiger partial charge >= 0.3 is 0 Å². The minimum Gasteiger partial charge on any atom is -0.351 e. The van der Waals surface area contributed by atoms with Gasteiger partial charge in [-0.25, -0.2) is 15.0 Å². The standard InChI is InChI=1S/C17H16N8O/c26-17(13-11-3-1-2-4-12(11)22-23-13)25-7-5-24(6-8-25)16-14-15(19-9-18-14)20-10-21-16/h1-4,9-10H,5-8H2,(H,22,23)(H,18,19,20,21). The molecule has 0 aliphatic carbocycles. The van der Waals surface area contributed by atoms with Crippen LogP contribution in [0.1, 0.15) is 10.5 Å². The summed E-state index contributed by atoms with van der Waals surface area (Å²) in [5, 5.41) is 8.00. The molecule has 0 atom stereocenters. The van der Waals surface area contributed by atoms with Gasteiger partial charge in [0, 0.05) is 31.6 Å². The zero-order valence-electron chi connectivity index (χ0n) is 13.9. The number of imidazole rings is 1. The van der Waals surface area contributed by atoms with Crippen LogP contribution in [0.2, 0.25) is 0 Å². The molecule has 4 aromatic rings. The van der Waals surface area contributed by atoms with Gasteiger partial charge in [-0.1, -0.05) is 18.2 Å². The van der Waals surface area contributed by atoms with Gasteiger partial charge in [-0.05, 0) is 6.07 Å². The first kappa shape index (κ1) is 14.8. The number of nitrogens with zero attached hydrogens (tertiary/aromatic N) is 6. The molecule has 0 radical (unpaired) electrons. The summed E-state index contributed by atoms with van der Waals surface area (Å²) in [6.07, 6.45) is 3.14. The van der Waals surface area contributed by atoms with Crippen molar-refractivity contribution in [2.24, 2.45) is 0 Å². The zero-order valence-corrected chi connectivity index (χ0v) is 13.9. The van der Waals surface area contributed by atoms with Crippen LogP contribution < -0.4 is 4.90 Å². The van der Waals surface area contributed by atoms with Crippen molar-refractivity contribution in [1.29, 1.82) is 0 Å². The number of benzene rings is 1. The van der Waals surface area contributed by atoms with Gasteiger partial charge in [0.25, 0.3) is 5.91 Å². The summed E-state index contributed by atoms with van der Waals surface area (Å²) in [6, 6.07) is 7.67. The van der Waals surface area contributed by atoms with E-state index >= 15 is 0 Å². The number of piperazine rings is 1. The lowest BCUT2D eigenvalue weighted by molar-refractivity contribution is 0.0742. The Morgan fingerprint density at radius 2 is 1.88 bits per heavy atom. The molecule has 1 saturated heterocycles.